The number of carbonyl (C=O) groups excluding carboxylic acids is 3. The first-order valence-corrected chi connectivity index (χ1v) is 12.6. The summed E-state index contributed by atoms with van der Waals surface area (Å²) in [4.78, 5) is 39.2. The Morgan fingerprint density at radius 2 is 1.80 bits per heavy atom. The number of anilines is 1. The Morgan fingerprint density at radius 3 is 2.54 bits per heavy atom. The molecule has 35 heavy (non-hydrogen) atoms. The normalized spacial score (nSPS) is 14.5. The minimum absolute atomic E-state index is 0.0698. The van der Waals surface area contributed by atoms with Crippen LogP contribution in [0.2, 0.25) is 10.0 Å². The molecular formula is C25H17BrCl2N2O4S. The number of nitrogens with one attached hydrogen (secondary N) is 1. The third-order valence-electron chi connectivity index (χ3n) is 4.87. The SMILES string of the molecule is O=C(COc1ccc(Br)cc1/C=C1\SC(=O)N(Cc2ccc(Cl)c(Cl)c2)C1=O)Nc1ccccc1. The van der Waals surface area contributed by atoms with Gasteiger partial charge in [-0.2, -0.15) is 0 Å². The average Bonchev–Trinajstić information content (AvgIpc) is 3.09. The van der Waals surface area contributed by atoms with Gasteiger partial charge < -0.3 is 10.1 Å². The van der Waals surface area contributed by atoms with Crippen LogP contribution < -0.4 is 10.1 Å². The highest BCUT2D eigenvalue weighted by Crippen LogP contribution is 2.36. The molecule has 3 aromatic rings. The molecule has 0 aliphatic carbocycles. The highest BCUT2D eigenvalue weighted by molar-refractivity contribution is 9.10. The Kier molecular flexibility index (Phi) is 8.18. The van der Waals surface area contributed by atoms with Crippen LogP contribution >= 0.6 is 50.9 Å². The molecular weight excluding hydrogens is 575 g/mol. The van der Waals surface area contributed by atoms with Crippen LogP contribution in [0.15, 0.2) is 76.1 Å². The van der Waals surface area contributed by atoms with Crippen LogP contribution in [0.4, 0.5) is 10.5 Å². The van der Waals surface area contributed by atoms with Crippen molar-refractivity contribution in [3.63, 3.8) is 0 Å². The third-order valence-corrected chi connectivity index (χ3v) is 7.01. The van der Waals surface area contributed by atoms with Crippen LogP contribution in [0, 0.1) is 0 Å². The molecule has 1 N–H and O–H groups in total. The zero-order valence-electron chi connectivity index (χ0n) is 18.0. The second-order valence-electron chi connectivity index (χ2n) is 7.40. The minimum atomic E-state index is -0.432. The van der Waals surface area contributed by atoms with Gasteiger partial charge in [-0.15, -0.1) is 0 Å². The number of amides is 3. The molecule has 0 spiro atoms. The van der Waals surface area contributed by atoms with Crippen molar-refractivity contribution >= 4 is 79.7 Å². The summed E-state index contributed by atoms with van der Waals surface area (Å²) in [7, 11) is 0. The van der Waals surface area contributed by atoms with Gasteiger partial charge in [0.1, 0.15) is 5.75 Å². The molecule has 3 aromatic carbocycles. The zero-order valence-corrected chi connectivity index (χ0v) is 21.9. The first-order valence-electron chi connectivity index (χ1n) is 10.3. The van der Waals surface area contributed by atoms with Crippen LogP contribution in [0.25, 0.3) is 6.08 Å². The summed E-state index contributed by atoms with van der Waals surface area (Å²) >= 11 is 16.2. The van der Waals surface area contributed by atoms with E-state index >= 15 is 0 Å². The smallest absolute Gasteiger partial charge is 0.293 e. The lowest BCUT2D eigenvalue weighted by Crippen LogP contribution is -2.27. The van der Waals surface area contributed by atoms with E-state index in [1.54, 1.807) is 54.6 Å². The third kappa shape index (κ3) is 6.46. The van der Waals surface area contributed by atoms with Crippen molar-refractivity contribution in [3.8, 4) is 5.75 Å². The Labute approximate surface area is 224 Å². The van der Waals surface area contributed by atoms with E-state index in [9.17, 15) is 14.4 Å². The maximum atomic E-state index is 13.0. The monoisotopic (exact) mass is 590 g/mol. The van der Waals surface area contributed by atoms with Crippen LogP contribution in [0.3, 0.4) is 0 Å². The van der Waals surface area contributed by atoms with Gasteiger partial charge in [0, 0.05) is 15.7 Å². The highest BCUT2D eigenvalue weighted by Gasteiger charge is 2.35. The fraction of sp³-hybridized carbons (Fsp3) is 0.0800. The van der Waals surface area contributed by atoms with E-state index in [0.717, 1.165) is 21.1 Å². The summed E-state index contributed by atoms with van der Waals surface area (Å²) in [5, 5.41) is 3.09. The van der Waals surface area contributed by atoms with Crippen LogP contribution in [0.1, 0.15) is 11.1 Å². The molecule has 0 saturated carbocycles. The van der Waals surface area contributed by atoms with Crippen LogP contribution in [-0.4, -0.2) is 28.6 Å². The predicted molar refractivity (Wildman–Crippen MR) is 143 cm³/mol. The van der Waals surface area contributed by atoms with Crippen LogP contribution in [-0.2, 0) is 16.1 Å². The fourth-order valence-corrected chi connectivity index (χ4v) is 4.75. The number of hydrogen-bond acceptors (Lipinski definition) is 5. The summed E-state index contributed by atoms with van der Waals surface area (Å²) < 4.78 is 6.47. The van der Waals surface area contributed by atoms with E-state index in [2.05, 4.69) is 21.2 Å². The molecule has 0 bridgehead atoms. The summed E-state index contributed by atoms with van der Waals surface area (Å²) in [6.07, 6.45) is 1.58. The van der Waals surface area contributed by atoms with Crippen molar-refractivity contribution < 1.29 is 19.1 Å². The quantitative estimate of drug-likeness (QED) is 0.299. The lowest BCUT2D eigenvalue weighted by molar-refractivity contribution is -0.123. The summed E-state index contributed by atoms with van der Waals surface area (Å²) in [6, 6.07) is 19.2. The molecule has 3 amide bonds. The van der Waals surface area contributed by atoms with Crippen molar-refractivity contribution in [3.05, 3.63) is 97.3 Å². The lowest BCUT2D eigenvalue weighted by atomic mass is 10.1. The number of imide groups is 1. The number of halogens is 3. The van der Waals surface area contributed by atoms with Gasteiger partial charge in [0.05, 0.1) is 21.5 Å². The maximum absolute atomic E-state index is 13.0. The summed E-state index contributed by atoms with van der Waals surface area (Å²) in [5.41, 5.74) is 1.89. The molecule has 4 rings (SSSR count). The van der Waals surface area contributed by atoms with E-state index < -0.39 is 11.1 Å². The molecule has 1 aliphatic heterocycles. The van der Waals surface area contributed by atoms with Gasteiger partial charge in [-0.05, 0) is 65.9 Å². The van der Waals surface area contributed by atoms with Gasteiger partial charge in [0.15, 0.2) is 6.61 Å². The van der Waals surface area contributed by atoms with Crippen molar-refractivity contribution in [2.75, 3.05) is 11.9 Å². The summed E-state index contributed by atoms with van der Waals surface area (Å²) in [6.45, 7) is -0.156. The van der Waals surface area contributed by atoms with Gasteiger partial charge in [0.25, 0.3) is 17.1 Å². The zero-order chi connectivity index (χ0) is 24.9. The topological polar surface area (TPSA) is 75.7 Å². The molecule has 6 nitrogen and oxygen atoms in total. The Balaban J connectivity index is 1.49. The second-order valence-corrected chi connectivity index (χ2v) is 10.1. The van der Waals surface area contributed by atoms with Gasteiger partial charge in [-0.25, -0.2) is 0 Å². The standard InChI is InChI=1S/C25H17BrCl2N2O4S/c26-17-7-9-21(34-14-23(31)29-18-4-2-1-3-5-18)16(11-17)12-22-24(32)30(25(33)35-22)13-15-6-8-19(27)20(28)10-15/h1-12H,13-14H2,(H,29,31)/b22-12-. The van der Waals surface area contributed by atoms with Crippen LogP contribution in [0.5, 0.6) is 5.75 Å². The van der Waals surface area contributed by atoms with Crippen molar-refractivity contribution in [1.82, 2.24) is 4.90 Å². The Hall–Kier alpha value is -2.78. The molecule has 10 heteroatoms. The second kappa shape index (κ2) is 11.3. The number of para-hydroxylation sites is 1. The molecule has 0 aromatic heterocycles. The molecule has 1 fully saturated rings. The van der Waals surface area contributed by atoms with Gasteiger partial charge in [-0.3, -0.25) is 19.3 Å². The number of nitrogens with zero attached hydrogens (tertiary/aromatic N) is 1. The molecule has 178 valence electrons. The number of ether oxygens (including phenoxy) is 1. The largest absolute Gasteiger partial charge is 0.483 e. The summed E-state index contributed by atoms with van der Waals surface area (Å²) in [5.74, 6) is -0.362. The van der Waals surface area contributed by atoms with Crippen molar-refractivity contribution in [1.29, 1.82) is 0 Å². The number of thioether (sulfide) groups is 1. The first-order chi connectivity index (χ1) is 16.8. The minimum Gasteiger partial charge on any atom is -0.483 e. The molecule has 1 heterocycles. The van der Waals surface area contributed by atoms with Gasteiger partial charge in [0.2, 0.25) is 0 Å². The van der Waals surface area contributed by atoms with E-state index in [-0.39, 0.29) is 24.0 Å². The number of benzene rings is 3. The number of hydrogen-bond donors (Lipinski definition) is 1. The Morgan fingerprint density at radius 1 is 1.03 bits per heavy atom. The molecule has 1 saturated heterocycles. The Bertz CT molecular complexity index is 1330. The molecule has 1 aliphatic rings. The lowest BCUT2D eigenvalue weighted by Gasteiger charge is -2.13. The van der Waals surface area contributed by atoms with Crippen molar-refractivity contribution in [2.24, 2.45) is 0 Å². The molecule has 0 radical (unpaired) electrons. The van der Waals surface area contributed by atoms with Crippen molar-refractivity contribution in [2.45, 2.75) is 6.54 Å². The van der Waals surface area contributed by atoms with Gasteiger partial charge >= 0.3 is 0 Å². The fourth-order valence-electron chi connectivity index (χ4n) is 3.22. The van der Waals surface area contributed by atoms with Gasteiger partial charge in [-0.1, -0.05) is 63.4 Å². The maximum Gasteiger partial charge on any atom is 0.293 e. The van der Waals surface area contributed by atoms with E-state index in [1.807, 2.05) is 18.2 Å². The first kappa shape index (κ1) is 25.3. The number of rotatable bonds is 7. The molecule has 0 atom stereocenters. The average molecular weight is 592 g/mol. The molecule has 0 unspecified atom stereocenters. The van der Waals surface area contributed by atoms with E-state index in [1.165, 1.54) is 0 Å². The predicted octanol–water partition coefficient (Wildman–Crippen LogP) is 7.01. The number of carbonyl (C=O) groups is 3. The highest BCUT2D eigenvalue weighted by atomic mass is 79.9. The van der Waals surface area contributed by atoms with E-state index in [4.69, 9.17) is 27.9 Å². The van der Waals surface area contributed by atoms with E-state index in [0.29, 0.717) is 32.6 Å².